The molecule has 1 aliphatic rings. The predicted octanol–water partition coefficient (Wildman–Crippen LogP) is 1.01. The van der Waals surface area contributed by atoms with Crippen LogP contribution in [0.3, 0.4) is 0 Å². The van der Waals surface area contributed by atoms with Gasteiger partial charge >= 0.3 is 0 Å². The highest BCUT2D eigenvalue weighted by Crippen LogP contribution is 2.35. The van der Waals surface area contributed by atoms with E-state index in [-0.39, 0.29) is 5.16 Å². The summed E-state index contributed by atoms with van der Waals surface area (Å²) in [5.74, 6) is 1.06. The van der Waals surface area contributed by atoms with Crippen molar-refractivity contribution in [2.45, 2.75) is 30.3 Å². The minimum Gasteiger partial charge on any atom is -0.304 e. The third-order valence-corrected chi connectivity index (χ3v) is 3.76. The Kier molecular flexibility index (Phi) is 2.27. The maximum absolute atomic E-state index is 11.0. The van der Waals surface area contributed by atoms with Crippen molar-refractivity contribution in [3.05, 3.63) is 5.82 Å². The number of hydrogen-bond acceptors (Lipinski definition) is 4. The third-order valence-electron chi connectivity index (χ3n) is 2.56. The van der Waals surface area contributed by atoms with Gasteiger partial charge in [0.05, 0.1) is 0 Å². The monoisotopic (exact) mass is 235 g/mol. The zero-order chi connectivity index (χ0) is 10.3. The smallest absolute Gasteiger partial charge is 0.296 e. The second kappa shape index (κ2) is 3.20. The SMILES string of the molecule is Cn1c(C2CCC2)nnc1S(=O)(=O)Cl. The highest BCUT2D eigenvalue weighted by Gasteiger charge is 2.28. The maximum atomic E-state index is 11.0. The predicted molar refractivity (Wildman–Crippen MR) is 50.6 cm³/mol. The molecule has 0 bridgehead atoms. The lowest BCUT2D eigenvalue weighted by atomic mass is 9.85. The van der Waals surface area contributed by atoms with E-state index in [0.717, 1.165) is 18.7 Å². The Morgan fingerprint density at radius 3 is 2.43 bits per heavy atom. The maximum Gasteiger partial charge on any atom is 0.296 e. The van der Waals surface area contributed by atoms with Crippen LogP contribution in [0.2, 0.25) is 0 Å². The molecule has 0 saturated heterocycles. The number of aromatic nitrogens is 3. The van der Waals surface area contributed by atoms with Gasteiger partial charge in [-0.25, -0.2) is 8.42 Å². The van der Waals surface area contributed by atoms with Gasteiger partial charge in [0, 0.05) is 23.6 Å². The van der Waals surface area contributed by atoms with Gasteiger partial charge in [-0.15, -0.1) is 10.2 Å². The lowest BCUT2D eigenvalue weighted by molar-refractivity contribution is 0.390. The van der Waals surface area contributed by atoms with Crippen LogP contribution in [-0.2, 0) is 16.1 Å². The average Bonchev–Trinajstić information content (AvgIpc) is 2.28. The fourth-order valence-corrected chi connectivity index (χ4v) is 2.52. The van der Waals surface area contributed by atoms with Crippen molar-refractivity contribution >= 4 is 19.7 Å². The summed E-state index contributed by atoms with van der Waals surface area (Å²) < 4.78 is 23.5. The molecule has 1 aromatic rings. The Morgan fingerprint density at radius 2 is 2.07 bits per heavy atom. The molecule has 1 heterocycles. The van der Waals surface area contributed by atoms with E-state index in [4.69, 9.17) is 10.7 Å². The first-order chi connectivity index (χ1) is 6.50. The minimum atomic E-state index is -3.77. The van der Waals surface area contributed by atoms with Crippen LogP contribution in [0.25, 0.3) is 0 Å². The van der Waals surface area contributed by atoms with Gasteiger partial charge in [0.2, 0.25) is 0 Å². The fraction of sp³-hybridized carbons (Fsp3) is 0.714. The van der Waals surface area contributed by atoms with Crippen molar-refractivity contribution in [2.75, 3.05) is 0 Å². The van der Waals surface area contributed by atoms with E-state index in [0.29, 0.717) is 5.92 Å². The second-order valence-electron chi connectivity index (χ2n) is 3.47. The molecule has 2 rings (SSSR count). The zero-order valence-electron chi connectivity index (χ0n) is 7.64. The van der Waals surface area contributed by atoms with Gasteiger partial charge in [-0.05, 0) is 12.8 Å². The van der Waals surface area contributed by atoms with E-state index in [1.807, 2.05) is 0 Å². The highest BCUT2D eigenvalue weighted by molar-refractivity contribution is 8.13. The van der Waals surface area contributed by atoms with E-state index >= 15 is 0 Å². The first-order valence-corrected chi connectivity index (χ1v) is 6.65. The molecule has 7 heteroatoms. The van der Waals surface area contributed by atoms with Crippen LogP contribution < -0.4 is 0 Å². The lowest BCUT2D eigenvalue weighted by Gasteiger charge is -2.23. The summed E-state index contributed by atoms with van der Waals surface area (Å²) >= 11 is 0. The molecule has 0 radical (unpaired) electrons. The van der Waals surface area contributed by atoms with Gasteiger partial charge in [0.15, 0.2) is 0 Å². The molecule has 0 spiro atoms. The molecule has 0 unspecified atom stereocenters. The van der Waals surface area contributed by atoms with Crippen molar-refractivity contribution < 1.29 is 8.42 Å². The molecule has 78 valence electrons. The number of halogens is 1. The molecule has 0 aliphatic heterocycles. The third kappa shape index (κ3) is 1.52. The van der Waals surface area contributed by atoms with E-state index in [9.17, 15) is 8.42 Å². The van der Waals surface area contributed by atoms with Crippen molar-refractivity contribution in [2.24, 2.45) is 7.05 Å². The fourth-order valence-electron chi connectivity index (χ4n) is 1.56. The van der Waals surface area contributed by atoms with Crippen LogP contribution in [0.4, 0.5) is 0 Å². The largest absolute Gasteiger partial charge is 0.304 e. The molecule has 0 aromatic carbocycles. The normalized spacial score (nSPS) is 18.1. The van der Waals surface area contributed by atoms with Gasteiger partial charge in [0.25, 0.3) is 14.2 Å². The molecular formula is C7H10ClN3O2S. The summed E-state index contributed by atoms with van der Waals surface area (Å²) in [4.78, 5) is 0. The lowest BCUT2D eigenvalue weighted by Crippen LogP contribution is -2.15. The van der Waals surface area contributed by atoms with E-state index < -0.39 is 9.05 Å². The molecule has 0 amide bonds. The minimum absolute atomic E-state index is 0.166. The van der Waals surface area contributed by atoms with Crippen molar-refractivity contribution in [3.63, 3.8) is 0 Å². The molecule has 5 nitrogen and oxygen atoms in total. The standard InChI is InChI=1S/C7H10ClN3O2S/c1-11-6(5-3-2-4-5)9-10-7(11)14(8,12)13/h5H,2-4H2,1H3. The Balaban J connectivity index is 2.42. The molecule has 1 aliphatic carbocycles. The van der Waals surface area contributed by atoms with E-state index in [2.05, 4.69) is 10.2 Å². The van der Waals surface area contributed by atoms with Crippen LogP contribution in [-0.4, -0.2) is 23.2 Å². The Bertz CT molecular complexity index is 450. The Labute approximate surface area is 86.5 Å². The van der Waals surface area contributed by atoms with Crippen molar-refractivity contribution in [3.8, 4) is 0 Å². The first kappa shape index (κ1) is 9.92. The summed E-state index contributed by atoms with van der Waals surface area (Å²) in [5, 5.41) is 7.27. The molecule has 14 heavy (non-hydrogen) atoms. The quantitative estimate of drug-likeness (QED) is 0.718. The molecule has 1 saturated carbocycles. The number of nitrogens with zero attached hydrogens (tertiary/aromatic N) is 3. The first-order valence-electron chi connectivity index (χ1n) is 4.34. The van der Waals surface area contributed by atoms with Gasteiger partial charge in [-0.3, -0.25) is 0 Å². The molecule has 1 fully saturated rings. The molecule has 1 aromatic heterocycles. The van der Waals surface area contributed by atoms with Gasteiger partial charge in [-0.2, -0.15) is 0 Å². The van der Waals surface area contributed by atoms with Gasteiger partial charge in [-0.1, -0.05) is 6.42 Å². The summed E-state index contributed by atoms with van der Waals surface area (Å²) in [6.07, 6.45) is 3.27. The number of hydrogen-bond donors (Lipinski definition) is 0. The van der Waals surface area contributed by atoms with Crippen LogP contribution in [0.15, 0.2) is 5.16 Å². The van der Waals surface area contributed by atoms with Crippen molar-refractivity contribution in [1.29, 1.82) is 0 Å². The van der Waals surface area contributed by atoms with Crippen LogP contribution in [0.5, 0.6) is 0 Å². The second-order valence-corrected chi connectivity index (χ2v) is 5.93. The number of rotatable bonds is 2. The topological polar surface area (TPSA) is 64.8 Å². The average molecular weight is 236 g/mol. The highest BCUT2D eigenvalue weighted by atomic mass is 35.7. The summed E-state index contributed by atoms with van der Waals surface area (Å²) in [7, 11) is 3.05. The van der Waals surface area contributed by atoms with Crippen LogP contribution >= 0.6 is 10.7 Å². The van der Waals surface area contributed by atoms with Crippen molar-refractivity contribution in [1.82, 2.24) is 14.8 Å². The summed E-state index contributed by atoms with van der Waals surface area (Å²) in [6.45, 7) is 0. The van der Waals surface area contributed by atoms with Gasteiger partial charge < -0.3 is 4.57 Å². The van der Waals surface area contributed by atoms with E-state index in [1.165, 1.54) is 11.0 Å². The summed E-state index contributed by atoms with van der Waals surface area (Å²) in [5.41, 5.74) is 0. The molecule has 0 N–H and O–H groups in total. The van der Waals surface area contributed by atoms with Crippen LogP contribution in [0.1, 0.15) is 31.0 Å². The Hall–Kier alpha value is -0.620. The Morgan fingerprint density at radius 1 is 1.43 bits per heavy atom. The van der Waals surface area contributed by atoms with Crippen LogP contribution in [0, 0.1) is 0 Å². The molecule has 0 atom stereocenters. The van der Waals surface area contributed by atoms with E-state index in [1.54, 1.807) is 7.05 Å². The molecular weight excluding hydrogens is 226 g/mol. The zero-order valence-corrected chi connectivity index (χ0v) is 9.22. The van der Waals surface area contributed by atoms with Gasteiger partial charge in [0.1, 0.15) is 5.82 Å². The summed E-state index contributed by atoms with van der Waals surface area (Å²) in [6, 6.07) is 0.